The van der Waals surface area contributed by atoms with Gasteiger partial charge in [0.1, 0.15) is 5.70 Å². The number of imide groups is 1. The van der Waals surface area contributed by atoms with Crippen LogP contribution in [0.4, 0.5) is 4.79 Å². The van der Waals surface area contributed by atoms with Crippen LogP contribution in [0.3, 0.4) is 0 Å². The zero-order chi connectivity index (χ0) is 15.5. The van der Waals surface area contributed by atoms with E-state index in [1.54, 1.807) is 6.08 Å². The highest BCUT2D eigenvalue weighted by Gasteiger charge is 2.32. The molecule has 3 amide bonds. The summed E-state index contributed by atoms with van der Waals surface area (Å²) in [6.07, 6.45) is 2.33. The molecule has 0 saturated carbocycles. The van der Waals surface area contributed by atoms with Crippen LogP contribution in [0.25, 0.3) is 16.8 Å². The number of carbonyl (C=O) groups excluding carboxylic acids is 2. The molecule has 112 valence electrons. The largest absolute Gasteiger partial charge is 0.330 e. The van der Waals surface area contributed by atoms with Crippen LogP contribution in [0.15, 0.2) is 48.2 Å². The lowest BCUT2D eigenvalue weighted by atomic mass is 10.0. The lowest BCUT2D eigenvalue weighted by Gasteiger charge is -2.09. The number of nitrogens with two attached hydrogens (primary N) is 1. The van der Waals surface area contributed by atoms with Crippen LogP contribution in [0.5, 0.6) is 0 Å². The SMILES string of the molecule is NCCCN1C(=O)N/C(=C/c2cccc3ccccc23)C1=O. The quantitative estimate of drug-likeness (QED) is 0.670. The number of amides is 3. The molecule has 2 aromatic carbocycles. The first-order chi connectivity index (χ1) is 10.7. The van der Waals surface area contributed by atoms with Gasteiger partial charge in [-0.05, 0) is 35.4 Å². The van der Waals surface area contributed by atoms with Gasteiger partial charge in [0.25, 0.3) is 5.91 Å². The Kier molecular flexibility index (Phi) is 3.89. The number of rotatable bonds is 4. The van der Waals surface area contributed by atoms with Gasteiger partial charge in [-0.15, -0.1) is 0 Å². The van der Waals surface area contributed by atoms with Gasteiger partial charge in [0, 0.05) is 6.54 Å². The van der Waals surface area contributed by atoms with Gasteiger partial charge in [0.15, 0.2) is 0 Å². The second-order valence-corrected chi connectivity index (χ2v) is 5.16. The van der Waals surface area contributed by atoms with Gasteiger partial charge in [0.05, 0.1) is 0 Å². The monoisotopic (exact) mass is 295 g/mol. The first-order valence-electron chi connectivity index (χ1n) is 7.23. The summed E-state index contributed by atoms with van der Waals surface area (Å²) in [6.45, 7) is 0.785. The Morgan fingerprint density at radius 1 is 1.09 bits per heavy atom. The maximum atomic E-state index is 12.3. The third-order valence-corrected chi connectivity index (χ3v) is 3.67. The predicted molar refractivity (Wildman–Crippen MR) is 85.8 cm³/mol. The molecule has 5 nitrogen and oxygen atoms in total. The highest BCUT2D eigenvalue weighted by atomic mass is 16.2. The molecule has 0 spiro atoms. The minimum absolute atomic E-state index is 0.300. The van der Waals surface area contributed by atoms with Crippen molar-refractivity contribution in [1.82, 2.24) is 10.2 Å². The summed E-state index contributed by atoms with van der Waals surface area (Å²) in [5.41, 5.74) is 6.64. The zero-order valence-corrected chi connectivity index (χ0v) is 12.1. The highest BCUT2D eigenvalue weighted by Crippen LogP contribution is 2.22. The van der Waals surface area contributed by atoms with E-state index in [-0.39, 0.29) is 11.9 Å². The molecule has 0 bridgehead atoms. The Morgan fingerprint density at radius 3 is 2.68 bits per heavy atom. The molecule has 0 aromatic heterocycles. The van der Waals surface area contributed by atoms with E-state index in [0.29, 0.717) is 25.2 Å². The topological polar surface area (TPSA) is 75.4 Å². The molecule has 1 heterocycles. The lowest BCUT2D eigenvalue weighted by molar-refractivity contribution is -0.122. The molecular formula is C17H17N3O2. The lowest BCUT2D eigenvalue weighted by Crippen LogP contribution is -2.32. The summed E-state index contributed by atoms with van der Waals surface area (Å²) in [6, 6.07) is 13.4. The fourth-order valence-electron chi connectivity index (χ4n) is 2.56. The molecule has 22 heavy (non-hydrogen) atoms. The first kappa shape index (κ1) is 14.3. The molecule has 0 radical (unpaired) electrons. The van der Waals surface area contributed by atoms with Crippen molar-refractivity contribution in [2.45, 2.75) is 6.42 Å². The van der Waals surface area contributed by atoms with Crippen LogP contribution in [0, 0.1) is 0 Å². The van der Waals surface area contributed by atoms with E-state index in [1.165, 1.54) is 4.90 Å². The number of urea groups is 1. The van der Waals surface area contributed by atoms with Gasteiger partial charge in [-0.2, -0.15) is 0 Å². The van der Waals surface area contributed by atoms with E-state index in [0.717, 1.165) is 16.3 Å². The highest BCUT2D eigenvalue weighted by molar-refractivity contribution is 6.14. The van der Waals surface area contributed by atoms with Crippen molar-refractivity contribution in [2.24, 2.45) is 5.73 Å². The Balaban J connectivity index is 1.95. The molecule has 5 heteroatoms. The van der Waals surface area contributed by atoms with Crippen molar-refractivity contribution in [3.05, 3.63) is 53.7 Å². The van der Waals surface area contributed by atoms with Crippen LogP contribution in [-0.4, -0.2) is 29.9 Å². The van der Waals surface area contributed by atoms with E-state index in [9.17, 15) is 9.59 Å². The third-order valence-electron chi connectivity index (χ3n) is 3.67. The maximum absolute atomic E-state index is 12.3. The molecule has 0 aliphatic carbocycles. The second-order valence-electron chi connectivity index (χ2n) is 5.16. The van der Waals surface area contributed by atoms with Crippen LogP contribution in [0.2, 0.25) is 0 Å². The van der Waals surface area contributed by atoms with E-state index < -0.39 is 0 Å². The van der Waals surface area contributed by atoms with Gasteiger partial charge in [0.2, 0.25) is 0 Å². The van der Waals surface area contributed by atoms with Gasteiger partial charge in [-0.3, -0.25) is 9.69 Å². The van der Waals surface area contributed by atoms with Crippen LogP contribution >= 0.6 is 0 Å². The van der Waals surface area contributed by atoms with E-state index in [1.807, 2.05) is 42.5 Å². The standard InChI is InChI=1S/C17H17N3O2/c18-9-4-10-20-16(21)15(19-17(20)22)11-13-7-3-6-12-5-1-2-8-14(12)13/h1-3,5-8,11H,4,9-10,18H2,(H,19,22)/b15-11+. The third kappa shape index (κ3) is 2.58. The van der Waals surface area contributed by atoms with Crippen molar-refractivity contribution in [2.75, 3.05) is 13.1 Å². The van der Waals surface area contributed by atoms with E-state index in [2.05, 4.69) is 5.32 Å². The molecule has 1 fully saturated rings. The average Bonchev–Trinajstić information content (AvgIpc) is 2.80. The summed E-state index contributed by atoms with van der Waals surface area (Å²) in [5, 5.41) is 4.77. The van der Waals surface area contributed by atoms with Gasteiger partial charge in [-0.25, -0.2) is 4.79 Å². The summed E-state index contributed by atoms with van der Waals surface area (Å²) >= 11 is 0. The number of hydrogen-bond donors (Lipinski definition) is 2. The molecule has 2 aromatic rings. The van der Waals surface area contributed by atoms with Crippen molar-refractivity contribution in [3.63, 3.8) is 0 Å². The number of benzene rings is 2. The summed E-state index contributed by atoms with van der Waals surface area (Å²) < 4.78 is 0. The fourth-order valence-corrected chi connectivity index (χ4v) is 2.56. The summed E-state index contributed by atoms with van der Waals surface area (Å²) in [5.74, 6) is -0.300. The minimum atomic E-state index is -0.384. The van der Waals surface area contributed by atoms with E-state index in [4.69, 9.17) is 5.73 Å². The fraction of sp³-hybridized carbons (Fsp3) is 0.176. The smallest absolute Gasteiger partial charge is 0.329 e. The normalized spacial score (nSPS) is 16.6. The number of nitrogens with one attached hydrogen (secondary N) is 1. The van der Waals surface area contributed by atoms with Gasteiger partial charge in [-0.1, -0.05) is 42.5 Å². The molecule has 0 unspecified atom stereocenters. The Labute approximate surface area is 128 Å². The molecule has 1 aliphatic heterocycles. The summed E-state index contributed by atoms with van der Waals surface area (Å²) in [7, 11) is 0. The molecular weight excluding hydrogens is 278 g/mol. The van der Waals surface area contributed by atoms with Crippen molar-refractivity contribution in [3.8, 4) is 0 Å². The molecule has 1 aliphatic rings. The van der Waals surface area contributed by atoms with E-state index >= 15 is 0 Å². The van der Waals surface area contributed by atoms with Gasteiger partial charge < -0.3 is 11.1 Å². The second kappa shape index (κ2) is 5.99. The van der Waals surface area contributed by atoms with Crippen LogP contribution in [0.1, 0.15) is 12.0 Å². The first-order valence-corrected chi connectivity index (χ1v) is 7.23. The molecule has 3 rings (SSSR count). The molecule has 0 atom stereocenters. The number of carbonyl (C=O) groups is 2. The molecule has 1 saturated heterocycles. The van der Waals surface area contributed by atoms with Crippen molar-refractivity contribution >= 4 is 28.8 Å². The number of hydrogen-bond acceptors (Lipinski definition) is 3. The average molecular weight is 295 g/mol. The van der Waals surface area contributed by atoms with Crippen molar-refractivity contribution in [1.29, 1.82) is 0 Å². The summed E-state index contributed by atoms with van der Waals surface area (Å²) in [4.78, 5) is 25.4. The van der Waals surface area contributed by atoms with Crippen molar-refractivity contribution < 1.29 is 9.59 Å². The van der Waals surface area contributed by atoms with Gasteiger partial charge >= 0.3 is 6.03 Å². The zero-order valence-electron chi connectivity index (χ0n) is 12.1. The maximum Gasteiger partial charge on any atom is 0.329 e. The Hall–Kier alpha value is -2.66. The predicted octanol–water partition coefficient (Wildman–Crippen LogP) is 2.08. The molecule has 3 N–H and O–H groups in total. The van der Waals surface area contributed by atoms with Crippen LogP contribution < -0.4 is 11.1 Å². The number of fused-ring (bicyclic) bond motifs is 1. The minimum Gasteiger partial charge on any atom is -0.330 e. The Bertz CT molecular complexity index is 762. The number of nitrogens with zero attached hydrogens (tertiary/aromatic N) is 1. The Morgan fingerprint density at radius 2 is 1.86 bits per heavy atom. The van der Waals surface area contributed by atoms with Crippen LogP contribution in [-0.2, 0) is 4.79 Å².